The molecule has 0 aliphatic carbocycles. The van der Waals surface area contributed by atoms with Gasteiger partial charge < -0.3 is 20.4 Å². The van der Waals surface area contributed by atoms with Gasteiger partial charge in [0.1, 0.15) is 0 Å². The summed E-state index contributed by atoms with van der Waals surface area (Å²) in [4.78, 5) is 16.9. The molecule has 2 heterocycles. The molecule has 2 atom stereocenters. The smallest absolute Gasteiger partial charge is 0.221 e. The number of hydrogen-bond acceptors (Lipinski definition) is 5. The second kappa shape index (κ2) is 8.98. The Morgan fingerprint density at radius 3 is 2.81 bits per heavy atom. The summed E-state index contributed by atoms with van der Waals surface area (Å²) in [5, 5.41) is 6.52. The fourth-order valence-corrected chi connectivity index (χ4v) is 3.82. The van der Waals surface area contributed by atoms with Gasteiger partial charge in [-0.2, -0.15) is 11.8 Å². The Morgan fingerprint density at radius 1 is 1.38 bits per heavy atom. The van der Waals surface area contributed by atoms with Crippen LogP contribution in [0.3, 0.4) is 0 Å². The molecule has 2 aliphatic rings. The van der Waals surface area contributed by atoms with Crippen LogP contribution in [-0.4, -0.2) is 86.1 Å². The number of thioether (sulfide) groups is 1. The molecule has 2 aliphatic heterocycles. The van der Waals surface area contributed by atoms with E-state index in [1.54, 1.807) is 0 Å². The van der Waals surface area contributed by atoms with Crippen molar-refractivity contribution in [3.63, 3.8) is 0 Å². The van der Waals surface area contributed by atoms with E-state index in [2.05, 4.69) is 34.4 Å². The van der Waals surface area contributed by atoms with E-state index >= 15 is 0 Å². The number of nitrogens with one attached hydrogen (secondary N) is 2. The zero-order valence-corrected chi connectivity index (χ0v) is 14.3. The molecule has 2 N–H and O–H groups in total. The number of amides is 1. The lowest BCUT2D eigenvalue weighted by Crippen LogP contribution is -2.47. The van der Waals surface area contributed by atoms with Crippen molar-refractivity contribution in [3.05, 3.63) is 0 Å². The first-order valence-electron chi connectivity index (χ1n) is 8.12. The van der Waals surface area contributed by atoms with Gasteiger partial charge in [-0.25, -0.2) is 0 Å². The maximum Gasteiger partial charge on any atom is 0.221 e. The van der Waals surface area contributed by atoms with Crippen molar-refractivity contribution in [2.24, 2.45) is 5.92 Å². The number of likely N-dealkylation sites (N-methyl/N-ethyl adjacent to an activating group) is 1. The summed E-state index contributed by atoms with van der Waals surface area (Å²) in [6, 6.07) is 0.358. The van der Waals surface area contributed by atoms with Crippen molar-refractivity contribution in [1.29, 1.82) is 0 Å². The first-order chi connectivity index (χ1) is 10.1. The molecule has 6 heteroatoms. The van der Waals surface area contributed by atoms with Gasteiger partial charge in [0.25, 0.3) is 0 Å². The molecular formula is C15H30N4OS. The minimum Gasteiger partial charge on any atom is -0.356 e. The van der Waals surface area contributed by atoms with E-state index < -0.39 is 0 Å². The highest BCUT2D eigenvalue weighted by Crippen LogP contribution is 2.10. The van der Waals surface area contributed by atoms with Gasteiger partial charge in [0.15, 0.2) is 0 Å². The van der Waals surface area contributed by atoms with Crippen LogP contribution in [0, 0.1) is 5.92 Å². The minimum atomic E-state index is 0.195. The summed E-state index contributed by atoms with van der Waals surface area (Å²) in [5.41, 5.74) is 0. The van der Waals surface area contributed by atoms with Crippen LogP contribution >= 0.6 is 11.8 Å². The molecule has 0 bridgehead atoms. The molecular weight excluding hydrogens is 284 g/mol. The van der Waals surface area contributed by atoms with Crippen molar-refractivity contribution < 1.29 is 4.79 Å². The van der Waals surface area contributed by atoms with Gasteiger partial charge in [-0.15, -0.1) is 0 Å². The Labute approximate surface area is 133 Å². The Bertz CT molecular complexity index is 315. The maximum atomic E-state index is 12.0. The monoisotopic (exact) mass is 314 g/mol. The van der Waals surface area contributed by atoms with Crippen molar-refractivity contribution >= 4 is 17.7 Å². The lowest BCUT2D eigenvalue weighted by Gasteiger charge is -2.34. The van der Waals surface area contributed by atoms with E-state index in [1.165, 1.54) is 5.75 Å². The normalized spacial score (nSPS) is 26.5. The van der Waals surface area contributed by atoms with Crippen molar-refractivity contribution in [3.8, 4) is 0 Å². The van der Waals surface area contributed by atoms with Gasteiger partial charge >= 0.3 is 0 Å². The topological polar surface area (TPSA) is 47.6 Å². The number of carbonyl (C=O) groups is 1. The highest BCUT2D eigenvalue weighted by atomic mass is 32.2. The van der Waals surface area contributed by atoms with Crippen LogP contribution < -0.4 is 10.6 Å². The lowest BCUT2D eigenvalue weighted by molar-refractivity contribution is -0.121. The van der Waals surface area contributed by atoms with Crippen LogP contribution in [0.5, 0.6) is 0 Å². The summed E-state index contributed by atoms with van der Waals surface area (Å²) in [7, 11) is 2.18. The van der Waals surface area contributed by atoms with Crippen molar-refractivity contribution in [2.75, 3.05) is 64.4 Å². The molecule has 0 spiro atoms. The lowest BCUT2D eigenvalue weighted by atomic mass is 10.1. The quantitative estimate of drug-likeness (QED) is 0.727. The number of rotatable bonds is 6. The SMILES string of the molecule is CC(CNC(=O)CC1CSCCN1)CN1CCN(C)CC1. The zero-order chi connectivity index (χ0) is 15.1. The molecule has 2 saturated heterocycles. The van der Waals surface area contributed by atoms with E-state index in [1.807, 2.05) is 11.8 Å². The molecule has 21 heavy (non-hydrogen) atoms. The molecule has 2 fully saturated rings. The molecule has 0 aromatic rings. The van der Waals surface area contributed by atoms with E-state index in [4.69, 9.17) is 0 Å². The molecule has 122 valence electrons. The van der Waals surface area contributed by atoms with Crippen LogP contribution in [0.4, 0.5) is 0 Å². The second-order valence-electron chi connectivity index (χ2n) is 6.44. The van der Waals surface area contributed by atoms with Crippen molar-refractivity contribution in [2.45, 2.75) is 19.4 Å². The maximum absolute atomic E-state index is 12.0. The fourth-order valence-electron chi connectivity index (χ4n) is 2.87. The van der Waals surface area contributed by atoms with Crippen LogP contribution in [-0.2, 0) is 4.79 Å². The molecule has 0 aromatic heterocycles. The van der Waals surface area contributed by atoms with Crippen LogP contribution in [0.25, 0.3) is 0 Å². The number of nitrogens with zero attached hydrogens (tertiary/aromatic N) is 2. The fraction of sp³-hybridized carbons (Fsp3) is 0.933. The van der Waals surface area contributed by atoms with Gasteiger partial charge in [-0.1, -0.05) is 6.92 Å². The predicted molar refractivity (Wildman–Crippen MR) is 89.8 cm³/mol. The standard InChI is InChI=1S/C15H30N4OS/c1-13(11-19-6-4-18(2)5-7-19)10-17-15(20)9-14-12-21-8-3-16-14/h13-14,16H,3-12H2,1-2H3,(H,17,20). The third-order valence-electron chi connectivity index (χ3n) is 4.24. The van der Waals surface area contributed by atoms with Crippen LogP contribution in [0.2, 0.25) is 0 Å². The first-order valence-corrected chi connectivity index (χ1v) is 9.27. The Balaban J connectivity index is 1.57. The van der Waals surface area contributed by atoms with Crippen molar-refractivity contribution in [1.82, 2.24) is 20.4 Å². The van der Waals surface area contributed by atoms with Gasteiger partial charge in [0.2, 0.25) is 5.91 Å². The van der Waals surface area contributed by atoms with Gasteiger partial charge in [-0.3, -0.25) is 4.79 Å². The average Bonchev–Trinajstić information content (AvgIpc) is 2.49. The summed E-state index contributed by atoms with van der Waals surface area (Å²) >= 11 is 1.94. The third kappa shape index (κ3) is 6.55. The van der Waals surface area contributed by atoms with Crippen LogP contribution in [0.15, 0.2) is 0 Å². The Morgan fingerprint density at radius 2 is 2.14 bits per heavy atom. The minimum absolute atomic E-state index is 0.195. The average molecular weight is 314 g/mol. The summed E-state index contributed by atoms with van der Waals surface area (Å²) < 4.78 is 0. The predicted octanol–water partition coefficient (Wildman–Crippen LogP) is 0.0812. The highest BCUT2D eigenvalue weighted by Gasteiger charge is 2.18. The molecule has 1 amide bonds. The van der Waals surface area contributed by atoms with E-state index in [-0.39, 0.29) is 5.91 Å². The van der Waals surface area contributed by atoms with Gasteiger partial charge in [0.05, 0.1) is 0 Å². The highest BCUT2D eigenvalue weighted by molar-refractivity contribution is 7.99. The summed E-state index contributed by atoms with van der Waals surface area (Å²) in [6.07, 6.45) is 0.619. The van der Waals surface area contributed by atoms with E-state index in [0.717, 1.165) is 51.6 Å². The molecule has 2 rings (SSSR count). The zero-order valence-electron chi connectivity index (χ0n) is 13.4. The second-order valence-corrected chi connectivity index (χ2v) is 7.59. The van der Waals surface area contributed by atoms with E-state index in [9.17, 15) is 4.79 Å². The van der Waals surface area contributed by atoms with Crippen LogP contribution in [0.1, 0.15) is 13.3 Å². The van der Waals surface area contributed by atoms with Gasteiger partial charge in [0, 0.05) is 69.8 Å². The molecule has 5 nitrogen and oxygen atoms in total. The van der Waals surface area contributed by atoms with Gasteiger partial charge in [-0.05, 0) is 13.0 Å². The summed E-state index contributed by atoms with van der Waals surface area (Å²) in [6.45, 7) is 9.76. The number of carbonyl (C=O) groups excluding carboxylic acids is 1. The largest absolute Gasteiger partial charge is 0.356 e. The first kappa shape index (κ1) is 17.1. The molecule has 0 aromatic carbocycles. The number of piperazine rings is 1. The third-order valence-corrected chi connectivity index (χ3v) is 5.37. The van der Waals surface area contributed by atoms with E-state index in [0.29, 0.717) is 18.4 Å². The molecule has 2 unspecified atom stereocenters. The number of hydrogen-bond donors (Lipinski definition) is 2. The Kier molecular flexibility index (Phi) is 7.29. The summed E-state index contributed by atoms with van der Waals surface area (Å²) in [5.74, 6) is 2.94. The molecule has 0 radical (unpaired) electrons. The Hall–Kier alpha value is -0.300. The molecule has 0 saturated carbocycles.